The van der Waals surface area contributed by atoms with Crippen LogP contribution in [0, 0.1) is 0 Å². The molecule has 0 saturated carbocycles. The number of hydrogen-bond acceptors (Lipinski definition) is 4. The summed E-state index contributed by atoms with van der Waals surface area (Å²) in [6, 6.07) is 5.29. The summed E-state index contributed by atoms with van der Waals surface area (Å²) < 4.78 is 5.78. The smallest absolute Gasteiger partial charge is 0.338 e. The Morgan fingerprint density at radius 1 is 1.37 bits per heavy atom. The number of morpholine rings is 1. The lowest BCUT2D eigenvalue weighted by molar-refractivity contribution is -0.0411. The molecule has 2 saturated heterocycles. The highest BCUT2D eigenvalue weighted by atomic mass is 16.5. The van der Waals surface area contributed by atoms with Crippen LogP contribution >= 0.6 is 0 Å². The second-order valence-corrected chi connectivity index (χ2v) is 5.34. The van der Waals surface area contributed by atoms with E-state index < -0.39 is 5.97 Å². The lowest BCUT2D eigenvalue weighted by Gasteiger charge is -2.32. The Kier molecular flexibility index (Phi) is 3.16. The summed E-state index contributed by atoms with van der Waals surface area (Å²) in [5.41, 5.74) is 7.13. The molecule has 2 atom stereocenters. The van der Waals surface area contributed by atoms with Gasteiger partial charge in [0.1, 0.15) is 0 Å². The van der Waals surface area contributed by atoms with E-state index in [1.165, 1.54) is 0 Å². The normalized spacial score (nSPS) is 26.5. The topological polar surface area (TPSA) is 75.8 Å². The maximum Gasteiger partial charge on any atom is 0.338 e. The van der Waals surface area contributed by atoms with E-state index in [4.69, 9.17) is 10.5 Å². The average Bonchev–Trinajstić information content (AvgIpc) is 2.68. The van der Waals surface area contributed by atoms with Crippen molar-refractivity contribution in [2.75, 3.05) is 18.8 Å². The molecule has 1 aromatic rings. The molecule has 19 heavy (non-hydrogen) atoms. The van der Waals surface area contributed by atoms with Crippen molar-refractivity contribution in [2.45, 2.75) is 31.6 Å². The van der Waals surface area contributed by atoms with E-state index in [0.717, 1.165) is 31.5 Å². The number of nitrogens with zero attached hydrogens (tertiary/aromatic N) is 1. The second-order valence-electron chi connectivity index (χ2n) is 5.34. The molecule has 5 nitrogen and oxygen atoms in total. The van der Waals surface area contributed by atoms with E-state index in [1.54, 1.807) is 6.07 Å². The summed E-state index contributed by atoms with van der Waals surface area (Å²) in [5, 5.41) is 9.27. The molecular weight excluding hydrogens is 244 g/mol. The van der Waals surface area contributed by atoms with Crippen molar-refractivity contribution in [2.24, 2.45) is 0 Å². The molecule has 2 heterocycles. The predicted octanol–water partition coefficient (Wildman–Crippen LogP) is 1.33. The van der Waals surface area contributed by atoms with Crippen molar-refractivity contribution >= 4 is 11.7 Å². The number of likely N-dealkylation sites (tertiary alicyclic amines) is 1. The number of fused-ring (bicyclic) bond motifs is 2. The minimum absolute atomic E-state index is 0.237. The quantitative estimate of drug-likeness (QED) is 0.804. The van der Waals surface area contributed by atoms with Crippen LogP contribution in [0.5, 0.6) is 0 Å². The average molecular weight is 262 g/mol. The third-order valence-electron chi connectivity index (χ3n) is 3.91. The number of benzene rings is 1. The Morgan fingerprint density at radius 2 is 2.05 bits per heavy atom. The van der Waals surface area contributed by atoms with Crippen LogP contribution in [0.3, 0.4) is 0 Å². The van der Waals surface area contributed by atoms with Crippen LogP contribution in [0.2, 0.25) is 0 Å². The lowest BCUT2D eigenvalue weighted by Crippen LogP contribution is -2.42. The zero-order chi connectivity index (χ0) is 13.4. The fourth-order valence-corrected chi connectivity index (χ4v) is 3.08. The molecule has 2 aliphatic heterocycles. The number of carbonyl (C=O) groups is 1. The highest BCUT2D eigenvalue weighted by Crippen LogP contribution is 2.28. The molecule has 3 N–H and O–H groups in total. The Hall–Kier alpha value is -1.59. The van der Waals surface area contributed by atoms with Gasteiger partial charge < -0.3 is 15.6 Å². The minimum Gasteiger partial charge on any atom is -0.478 e. The largest absolute Gasteiger partial charge is 0.478 e. The number of rotatable bonds is 3. The molecule has 1 aromatic carbocycles. The molecule has 0 spiro atoms. The number of carboxylic acid groups (broad SMARTS) is 1. The van der Waals surface area contributed by atoms with E-state index in [9.17, 15) is 9.90 Å². The maximum atomic E-state index is 11.3. The van der Waals surface area contributed by atoms with Crippen LogP contribution in [0.1, 0.15) is 28.8 Å². The van der Waals surface area contributed by atoms with Crippen LogP contribution in [0.25, 0.3) is 0 Å². The van der Waals surface area contributed by atoms with Crippen molar-refractivity contribution < 1.29 is 14.6 Å². The summed E-state index contributed by atoms with van der Waals surface area (Å²) >= 11 is 0. The molecule has 102 valence electrons. The van der Waals surface area contributed by atoms with Crippen molar-refractivity contribution in [1.82, 2.24) is 4.90 Å². The van der Waals surface area contributed by atoms with E-state index >= 15 is 0 Å². The number of aromatic carboxylic acids is 1. The fraction of sp³-hybridized carbons (Fsp3) is 0.500. The highest BCUT2D eigenvalue weighted by Gasteiger charge is 2.33. The van der Waals surface area contributed by atoms with Crippen LogP contribution in [0.15, 0.2) is 18.2 Å². The van der Waals surface area contributed by atoms with Crippen LogP contribution in [-0.4, -0.2) is 41.3 Å². The molecule has 0 radical (unpaired) electrons. The summed E-state index contributed by atoms with van der Waals surface area (Å²) in [6.07, 6.45) is 2.86. The molecular formula is C14H18N2O3. The standard InChI is InChI=1S/C14H18N2O3/c15-12-3-1-2-9(13(12)14(17)18)6-16-7-10-4-5-11(8-16)19-10/h1-3,10-11H,4-8,15H2,(H,17,18). The van der Waals surface area contributed by atoms with Gasteiger partial charge in [-0.05, 0) is 24.5 Å². The van der Waals surface area contributed by atoms with Crippen molar-refractivity contribution in [3.63, 3.8) is 0 Å². The van der Waals surface area contributed by atoms with Gasteiger partial charge in [-0.1, -0.05) is 12.1 Å². The van der Waals surface area contributed by atoms with Gasteiger partial charge in [-0.15, -0.1) is 0 Å². The molecule has 5 heteroatoms. The van der Waals surface area contributed by atoms with Gasteiger partial charge in [0.25, 0.3) is 0 Å². The molecule has 2 aliphatic rings. The number of hydrogen-bond donors (Lipinski definition) is 2. The first-order chi connectivity index (χ1) is 9.13. The van der Waals surface area contributed by atoms with E-state index in [0.29, 0.717) is 24.4 Å². The first-order valence-corrected chi connectivity index (χ1v) is 6.62. The Labute approximate surface area is 112 Å². The number of ether oxygens (including phenoxy) is 1. The summed E-state index contributed by atoms with van der Waals surface area (Å²) in [6.45, 7) is 2.39. The highest BCUT2D eigenvalue weighted by molar-refractivity contribution is 5.95. The summed E-state index contributed by atoms with van der Waals surface area (Å²) in [5.74, 6) is -0.954. The van der Waals surface area contributed by atoms with E-state index in [-0.39, 0.29) is 5.56 Å². The van der Waals surface area contributed by atoms with E-state index in [1.807, 2.05) is 12.1 Å². The van der Waals surface area contributed by atoms with Crippen LogP contribution in [0.4, 0.5) is 5.69 Å². The van der Waals surface area contributed by atoms with Gasteiger partial charge in [0, 0.05) is 25.3 Å². The van der Waals surface area contributed by atoms with Crippen molar-refractivity contribution in [3.05, 3.63) is 29.3 Å². The summed E-state index contributed by atoms with van der Waals surface area (Å²) in [4.78, 5) is 13.6. The number of nitrogens with two attached hydrogens (primary N) is 1. The molecule has 0 aliphatic carbocycles. The molecule has 0 aromatic heterocycles. The number of anilines is 1. The van der Waals surface area contributed by atoms with Gasteiger partial charge >= 0.3 is 5.97 Å². The van der Waals surface area contributed by atoms with Crippen molar-refractivity contribution in [1.29, 1.82) is 0 Å². The van der Waals surface area contributed by atoms with Gasteiger partial charge in [0.05, 0.1) is 17.8 Å². The van der Waals surface area contributed by atoms with Gasteiger partial charge in [-0.25, -0.2) is 4.79 Å². The van der Waals surface area contributed by atoms with E-state index in [2.05, 4.69) is 4.90 Å². The minimum atomic E-state index is -0.954. The fourth-order valence-electron chi connectivity index (χ4n) is 3.08. The third kappa shape index (κ3) is 2.43. The second kappa shape index (κ2) is 4.83. The Morgan fingerprint density at radius 3 is 2.68 bits per heavy atom. The van der Waals surface area contributed by atoms with Gasteiger partial charge in [0.2, 0.25) is 0 Å². The molecule has 0 amide bonds. The predicted molar refractivity (Wildman–Crippen MR) is 71.0 cm³/mol. The molecule has 2 bridgehead atoms. The monoisotopic (exact) mass is 262 g/mol. The van der Waals surface area contributed by atoms with Crippen LogP contribution in [-0.2, 0) is 11.3 Å². The van der Waals surface area contributed by atoms with Gasteiger partial charge in [-0.3, -0.25) is 4.90 Å². The number of nitrogen functional groups attached to an aromatic ring is 1. The zero-order valence-electron chi connectivity index (χ0n) is 10.7. The zero-order valence-corrected chi connectivity index (χ0v) is 10.7. The first-order valence-electron chi connectivity index (χ1n) is 6.62. The first kappa shape index (κ1) is 12.4. The lowest BCUT2D eigenvalue weighted by atomic mass is 10.0. The van der Waals surface area contributed by atoms with Gasteiger partial charge in [-0.2, -0.15) is 0 Å². The Balaban J connectivity index is 1.80. The number of carboxylic acids is 1. The third-order valence-corrected chi connectivity index (χ3v) is 3.91. The van der Waals surface area contributed by atoms with Crippen LogP contribution < -0.4 is 5.73 Å². The molecule has 3 rings (SSSR count). The molecule has 2 fully saturated rings. The van der Waals surface area contributed by atoms with Gasteiger partial charge in [0.15, 0.2) is 0 Å². The summed E-state index contributed by atoms with van der Waals surface area (Å²) in [7, 11) is 0. The maximum absolute atomic E-state index is 11.3. The Bertz CT molecular complexity index is 491. The SMILES string of the molecule is Nc1cccc(CN2CC3CCC(C2)O3)c1C(=O)O. The molecule has 2 unspecified atom stereocenters. The van der Waals surface area contributed by atoms with Crippen molar-refractivity contribution in [3.8, 4) is 0 Å².